The van der Waals surface area contributed by atoms with E-state index in [0.29, 0.717) is 17.8 Å². The van der Waals surface area contributed by atoms with Crippen LogP contribution in [0, 0.1) is 0 Å². The molecule has 0 saturated heterocycles. The number of benzene rings is 2. The van der Waals surface area contributed by atoms with Gasteiger partial charge in [-0.05, 0) is 64.3 Å². The number of hydrogen-bond donors (Lipinski definition) is 2. The first-order valence-corrected chi connectivity index (χ1v) is 12.5. The van der Waals surface area contributed by atoms with Gasteiger partial charge in [0, 0.05) is 11.9 Å². The Morgan fingerprint density at radius 2 is 1.21 bits per heavy atom. The molecule has 4 rings (SSSR count). The molecular weight excluding hydrogens is 414 g/mol. The van der Waals surface area contributed by atoms with Gasteiger partial charge in [-0.25, -0.2) is 4.98 Å². The maximum atomic E-state index is 5.14. The third kappa shape index (κ3) is 4.94. The van der Waals surface area contributed by atoms with Crippen LogP contribution in [0.3, 0.4) is 0 Å². The fourth-order valence-electron chi connectivity index (χ4n) is 4.72. The van der Waals surface area contributed by atoms with Crippen LogP contribution < -0.4 is 5.32 Å². The number of H-pyrrole nitrogens is 1. The molecule has 176 valence electrons. The molecule has 2 aromatic heterocycles. The van der Waals surface area contributed by atoms with Crippen molar-refractivity contribution >= 4 is 5.69 Å². The normalized spacial score (nSPS) is 12.5. The monoisotopic (exact) mass is 451 g/mol. The highest BCUT2D eigenvalue weighted by Gasteiger charge is 2.24. The van der Waals surface area contributed by atoms with Crippen molar-refractivity contribution in [1.29, 1.82) is 0 Å². The Morgan fingerprint density at radius 1 is 0.618 bits per heavy atom. The molecule has 1 atom stereocenters. The molecule has 0 radical (unpaired) electrons. The lowest BCUT2D eigenvalue weighted by atomic mass is 9.88. The highest BCUT2D eigenvalue weighted by molar-refractivity contribution is 5.63. The predicted octanol–water partition coefficient (Wildman–Crippen LogP) is 8.65. The summed E-state index contributed by atoms with van der Waals surface area (Å²) in [7, 11) is 0. The van der Waals surface area contributed by atoms with Crippen molar-refractivity contribution in [2.24, 2.45) is 0 Å². The summed E-state index contributed by atoms with van der Waals surface area (Å²) in [6.45, 7) is 13.6. The Kier molecular flexibility index (Phi) is 7.21. The molecule has 2 aromatic carbocycles. The summed E-state index contributed by atoms with van der Waals surface area (Å²) in [5.41, 5.74) is 9.57. The highest BCUT2D eigenvalue weighted by Crippen LogP contribution is 2.38. The molecule has 3 heteroatoms. The van der Waals surface area contributed by atoms with Gasteiger partial charge in [-0.1, -0.05) is 90.1 Å². The number of pyridine rings is 1. The van der Waals surface area contributed by atoms with Gasteiger partial charge in [0.2, 0.25) is 0 Å². The first-order valence-electron chi connectivity index (χ1n) is 12.5. The smallest absolute Gasteiger partial charge is 0.0943 e. The molecule has 4 aromatic rings. The Morgan fingerprint density at radius 3 is 1.79 bits per heavy atom. The molecule has 34 heavy (non-hydrogen) atoms. The molecule has 2 N–H and O–H groups in total. The van der Waals surface area contributed by atoms with Crippen LogP contribution in [-0.4, -0.2) is 9.97 Å². The molecule has 0 aliphatic heterocycles. The average molecular weight is 452 g/mol. The first kappa shape index (κ1) is 23.8. The topological polar surface area (TPSA) is 40.7 Å². The molecule has 0 fully saturated rings. The summed E-state index contributed by atoms with van der Waals surface area (Å²) in [5, 5.41) is 4.01. The molecule has 0 unspecified atom stereocenters. The lowest BCUT2D eigenvalue weighted by Crippen LogP contribution is -2.19. The molecule has 0 aliphatic rings. The van der Waals surface area contributed by atoms with Gasteiger partial charge in [0.05, 0.1) is 23.1 Å². The lowest BCUT2D eigenvalue weighted by molar-refractivity contribution is 0.788. The maximum Gasteiger partial charge on any atom is 0.0943 e. The zero-order valence-corrected chi connectivity index (χ0v) is 21.3. The Bertz CT molecular complexity index is 1190. The summed E-state index contributed by atoms with van der Waals surface area (Å²) in [6, 6.07) is 25.8. The third-order valence-electron chi connectivity index (χ3n) is 6.53. The fourth-order valence-corrected chi connectivity index (χ4v) is 4.72. The van der Waals surface area contributed by atoms with E-state index >= 15 is 0 Å². The number of aromatic amines is 1. The van der Waals surface area contributed by atoms with E-state index in [1.54, 1.807) is 0 Å². The van der Waals surface area contributed by atoms with Gasteiger partial charge in [0.15, 0.2) is 0 Å². The molecule has 0 bridgehead atoms. The van der Waals surface area contributed by atoms with Crippen molar-refractivity contribution in [3.63, 3.8) is 0 Å². The summed E-state index contributed by atoms with van der Waals surface area (Å²) in [6.07, 6.45) is 1.95. The standard InChI is InChI=1S/C31H37N3/c1-20(2)23-12-7-8-13-26(23)31(29-17-10-16-28(33-29)27-18-11-19-32-27)34-30-24(21(3)4)14-9-15-25(30)22(5)6/h7-22,31-32,34H,1-6H3/t31-/m0/s1. The quantitative estimate of drug-likeness (QED) is 0.281. The Labute approximate surface area is 204 Å². The highest BCUT2D eigenvalue weighted by atomic mass is 15.0. The van der Waals surface area contributed by atoms with E-state index in [1.807, 2.05) is 12.3 Å². The van der Waals surface area contributed by atoms with Crippen LogP contribution in [0.25, 0.3) is 11.4 Å². The van der Waals surface area contributed by atoms with Gasteiger partial charge >= 0.3 is 0 Å². The molecule has 0 aliphatic carbocycles. The van der Waals surface area contributed by atoms with Crippen molar-refractivity contribution in [1.82, 2.24) is 9.97 Å². The number of nitrogens with one attached hydrogen (secondary N) is 2. The summed E-state index contributed by atoms with van der Waals surface area (Å²) >= 11 is 0. The van der Waals surface area contributed by atoms with Crippen LogP contribution in [0.1, 0.15) is 93.3 Å². The van der Waals surface area contributed by atoms with Crippen LogP contribution in [-0.2, 0) is 0 Å². The summed E-state index contributed by atoms with van der Waals surface area (Å²) in [4.78, 5) is 8.45. The molecule has 0 spiro atoms. The number of hydrogen-bond acceptors (Lipinski definition) is 2. The molecular formula is C31H37N3. The van der Waals surface area contributed by atoms with Crippen molar-refractivity contribution in [2.45, 2.75) is 65.3 Å². The first-order chi connectivity index (χ1) is 16.4. The number of aromatic nitrogens is 2. The number of rotatable bonds is 8. The molecule has 0 saturated carbocycles. The predicted molar refractivity (Wildman–Crippen MR) is 145 cm³/mol. The molecule has 3 nitrogen and oxygen atoms in total. The zero-order chi connectivity index (χ0) is 24.2. The second-order valence-electron chi connectivity index (χ2n) is 10.0. The van der Waals surface area contributed by atoms with Crippen molar-refractivity contribution in [2.75, 3.05) is 5.32 Å². The maximum absolute atomic E-state index is 5.14. The number of anilines is 1. The van der Waals surface area contributed by atoms with Gasteiger partial charge in [0.1, 0.15) is 0 Å². The van der Waals surface area contributed by atoms with E-state index in [2.05, 4.69) is 119 Å². The van der Waals surface area contributed by atoms with E-state index in [0.717, 1.165) is 17.1 Å². The van der Waals surface area contributed by atoms with Crippen LogP contribution in [0.2, 0.25) is 0 Å². The number of para-hydroxylation sites is 1. The van der Waals surface area contributed by atoms with E-state index in [9.17, 15) is 0 Å². The van der Waals surface area contributed by atoms with E-state index in [4.69, 9.17) is 4.98 Å². The van der Waals surface area contributed by atoms with Gasteiger partial charge in [-0.15, -0.1) is 0 Å². The van der Waals surface area contributed by atoms with Crippen LogP contribution in [0.5, 0.6) is 0 Å². The largest absolute Gasteiger partial charge is 0.372 e. The van der Waals surface area contributed by atoms with Crippen molar-refractivity contribution < 1.29 is 0 Å². The third-order valence-corrected chi connectivity index (χ3v) is 6.53. The van der Waals surface area contributed by atoms with E-state index in [-0.39, 0.29) is 6.04 Å². The minimum Gasteiger partial charge on any atom is -0.372 e. The van der Waals surface area contributed by atoms with Crippen LogP contribution in [0.4, 0.5) is 5.69 Å². The minimum absolute atomic E-state index is 0.0640. The SMILES string of the molecule is CC(C)c1ccccc1[C@H](Nc1c(C(C)C)cccc1C(C)C)c1cccc(-c2ccc[nH]2)n1. The summed E-state index contributed by atoms with van der Waals surface area (Å²) in [5.74, 6) is 1.25. The van der Waals surface area contributed by atoms with Crippen molar-refractivity contribution in [3.05, 3.63) is 107 Å². The minimum atomic E-state index is -0.0640. The lowest BCUT2D eigenvalue weighted by Gasteiger charge is -2.28. The Hall–Kier alpha value is -3.33. The second-order valence-corrected chi connectivity index (χ2v) is 10.0. The second kappa shape index (κ2) is 10.3. The van der Waals surface area contributed by atoms with E-state index < -0.39 is 0 Å². The summed E-state index contributed by atoms with van der Waals surface area (Å²) < 4.78 is 0. The van der Waals surface area contributed by atoms with Gasteiger partial charge < -0.3 is 10.3 Å². The van der Waals surface area contributed by atoms with Crippen molar-refractivity contribution in [3.8, 4) is 11.4 Å². The zero-order valence-electron chi connectivity index (χ0n) is 21.3. The molecule has 0 amide bonds. The average Bonchev–Trinajstić information content (AvgIpc) is 3.37. The van der Waals surface area contributed by atoms with Crippen LogP contribution >= 0.6 is 0 Å². The number of nitrogens with zero attached hydrogens (tertiary/aromatic N) is 1. The van der Waals surface area contributed by atoms with Gasteiger partial charge in [-0.2, -0.15) is 0 Å². The van der Waals surface area contributed by atoms with Crippen LogP contribution in [0.15, 0.2) is 79.0 Å². The Balaban J connectivity index is 1.91. The fraction of sp³-hybridized carbons (Fsp3) is 0.323. The molecule has 2 heterocycles. The van der Waals surface area contributed by atoms with E-state index in [1.165, 1.54) is 27.9 Å². The van der Waals surface area contributed by atoms with Gasteiger partial charge in [0.25, 0.3) is 0 Å². The van der Waals surface area contributed by atoms with Gasteiger partial charge in [-0.3, -0.25) is 0 Å².